The lowest BCUT2D eigenvalue weighted by atomic mass is 9.88. The Morgan fingerprint density at radius 1 is 1.22 bits per heavy atom. The molecule has 1 aliphatic heterocycles. The summed E-state index contributed by atoms with van der Waals surface area (Å²) in [4.78, 5) is 15.3. The Morgan fingerprint density at radius 2 is 1.94 bits per heavy atom. The van der Waals surface area contributed by atoms with Gasteiger partial charge in [0.1, 0.15) is 6.67 Å². The predicted molar refractivity (Wildman–Crippen MR) is 143 cm³/mol. The lowest BCUT2D eigenvalue weighted by molar-refractivity contribution is 0.00486. The highest BCUT2D eigenvalue weighted by atomic mass is 32.1. The van der Waals surface area contributed by atoms with Gasteiger partial charge in [-0.3, -0.25) is 4.65 Å². The standard InChI is InChI=1S/C27H38N4O4S/c1-6-11-18-34-26-29-28-25(36-26)31(33)20-30(27(10-5,16-7-2)17-8-3)19-23(31)35-24(32)22-15-13-12-14-21(22)9-4/h5,12-15,23H,6-9,11,16-20H2,1-4H3. The van der Waals surface area contributed by atoms with Crippen LogP contribution in [0.3, 0.4) is 0 Å². The molecule has 2 atom stereocenters. The van der Waals surface area contributed by atoms with Crippen LogP contribution in [0, 0.1) is 17.6 Å². The zero-order chi connectivity index (χ0) is 26.2. The van der Waals surface area contributed by atoms with E-state index in [1.165, 1.54) is 0 Å². The van der Waals surface area contributed by atoms with Crippen LogP contribution >= 0.6 is 11.3 Å². The largest absolute Gasteiger partial charge is 0.622 e. The number of ether oxygens (including phenoxy) is 2. The van der Waals surface area contributed by atoms with Gasteiger partial charge in [-0.15, -0.1) is 6.42 Å². The minimum atomic E-state index is -1.03. The normalized spacial score (nSPS) is 20.3. The van der Waals surface area contributed by atoms with Crippen molar-refractivity contribution in [3.05, 3.63) is 40.6 Å². The van der Waals surface area contributed by atoms with Crippen molar-refractivity contribution in [1.82, 2.24) is 19.7 Å². The predicted octanol–water partition coefficient (Wildman–Crippen LogP) is 5.51. The molecule has 2 heterocycles. The Labute approximate surface area is 218 Å². The van der Waals surface area contributed by atoms with Crippen LogP contribution in [0.2, 0.25) is 0 Å². The quantitative estimate of drug-likeness (QED) is 0.114. The molecule has 0 amide bonds. The second-order valence-corrected chi connectivity index (χ2v) is 10.2. The summed E-state index contributed by atoms with van der Waals surface area (Å²) in [6.07, 6.45) is 10.9. The highest BCUT2D eigenvalue weighted by molar-refractivity contribution is 7.16. The topological polar surface area (TPSA) is 87.6 Å². The SMILES string of the molecule is C#CC(CCC)(CCC)N1CC(OC(=O)c2ccccc2CC)[N+]([O-])(c2nnc(OCCCC)s2)C1. The van der Waals surface area contributed by atoms with E-state index >= 15 is 0 Å². The van der Waals surface area contributed by atoms with Gasteiger partial charge >= 0.3 is 11.1 Å². The third-order valence-electron chi connectivity index (χ3n) is 6.73. The van der Waals surface area contributed by atoms with E-state index in [2.05, 4.69) is 36.9 Å². The first-order valence-electron chi connectivity index (χ1n) is 12.9. The molecule has 2 unspecified atom stereocenters. The van der Waals surface area contributed by atoms with Crippen LogP contribution in [0.25, 0.3) is 0 Å². The molecule has 0 aliphatic carbocycles. The van der Waals surface area contributed by atoms with Gasteiger partial charge in [0.2, 0.25) is 0 Å². The van der Waals surface area contributed by atoms with Gasteiger partial charge in [0.15, 0.2) is 0 Å². The average Bonchev–Trinajstić information content (AvgIpc) is 3.50. The number of aryl methyl sites for hydroxylation is 1. The number of rotatable bonds is 13. The van der Waals surface area contributed by atoms with Crippen LogP contribution in [0.15, 0.2) is 24.3 Å². The molecule has 2 aromatic rings. The zero-order valence-corrected chi connectivity index (χ0v) is 22.7. The molecule has 0 N–H and O–H groups in total. The number of terminal acetylenes is 1. The molecule has 0 radical (unpaired) electrons. The Kier molecular flexibility index (Phi) is 9.85. The number of carbonyl (C=O) groups excluding carboxylic acids is 1. The number of nitrogens with zero attached hydrogens (tertiary/aromatic N) is 4. The summed E-state index contributed by atoms with van der Waals surface area (Å²) in [5.41, 5.74) is 0.750. The van der Waals surface area contributed by atoms with Crippen molar-refractivity contribution in [3.8, 4) is 17.5 Å². The second-order valence-electron chi connectivity index (χ2n) is 9.26. The molecule has 0 saturated carbocycles. The van der Waals surface area contributed by atoms with Gasteiger partial charge in [0.25, 0.3) is 11.4 Å². The molecule has 0 spiro atoms. The molecule has 1 aromatic carbocycles. The number of hydroxylamine groups is 2. The molecule has 1 saturated heterocycles. The van der Waals surface area contributed by atoms with E-state index in [0.717, 1.165) is 55.4 Å². The van der Waals surface area contributed by atoms with E-state index in [1.807, 2.05) is 24.0 Å². The molecule has 0 bridgehead atoms. The van der Waals surface area contributed by atoms with Gasteiger partial charge in [-0.05, 0) is 37.3 Å². The Morgan fingerprint density at radius 3 is 2.58 bits per heavy atom. The van der Waals surface area contributed by atoms with Crippen LogP contribution < -0.4 is 9.38 Å². The first kappa shape index (κ1) is 28.1. The van der Waals surface area contributed by atoms with Gasteiger partial charge in [-0.2, -0.15) is 0 Å². The summed E-state index contributed by atoms with van der Waals surface area (Å²) in [5, 5.41) is 23.3. The van der Waals surface area contributed by atoms with Crippen molar-refractivity contribution in [2.45, 2.75) is 84.4 Å². The van der Waals surface area contributed by atoms with Crippen molar-refractivity contribution in [3.63, 3.8) is 0 Å². The molecular formula is C27H38N4O4S. The summed E-state index contributed by atoms with van der Waals surface area (Å²) in [5.74, 6) is 2.48. The Bertz CT molecular complexity index is 1050. The minimum absolute atomic E-state index is 0.0289. The van der Waals surface area contributed by atoms with Crippen molar-refractivity contribution in [1.29, 1.82) is 0 Å². The molecule has 8 nitrogen and oxygen atoms in total. The van der Waals surface area contributed by atoms with E-state index in [4.69, 9.17) is 15.9 Å². The van der Waals surface area contributed by atoms with E-state index in [-0.39, 0.29) is 18.3 Å². The van der Waals surface area contributed by atoms with Crippen molar-refractivity contribution in [2.24, 2.45) is 0 Å². The van der Waals surface area contributed by atoms with Crippen molar-refractivity contribution < 1.29 is 14.3 Å². The number of benzene rings is 1. The maximum Gasteiger partial charge on any atom is 0.342 e. The number of hydrogen-bond acceptors (Lipinski definition) is 8. The van der Waals surface area contributed by atoms with Crippen molar-refractivity contribution >= 4 is 22.4 Å². The number of quaternary nitrogens is 1. The fourth-order valence-corrected chi connectivity index (χ4v) is 5.57. The number of esters is 1. The van der Waals surface area contributed by atoms with Gasteiger partial charge in [0, 0.05) is 11.3 Å². The summed E-state index contributed by atoms with van der Waals surface area (Å²) < 4.78 is 10.7. The minimum Gasteiger partial charge on any atom is -0.622 e. The molecule has 3 rings (SSSR count). The van der Waals surface area contributed by atoms with Gasteiger partial charge in [0.05, 0.1) is 24.3 Å². The monoisotopic (exact) mass is 514 g/mol. The van der Waals surface area contributed by atoms with E-state index < -0.39 is 22.4 Å². The molecule has 36 heavy (non-hydrogen) atoms. The Balaban J connectivity index is 1.96. The number of unbranched alkanes of at least 4 members (excludes halogenated alkanes) is 1. The summed E-state index contributed by atoms with van der Waals surface area (Å²) >= 11 is 1.11. The molecule has 1 aromatic heterocycles. The molecule has 196 valence electrons. The maximum absolute atomic E-state index is 14.5. The summed E-state index contributed by atoms with van der Waals surface area (Å²) in [7, 11) is 0. The number of hydrogen-bond donors (Lipinski definition) is 0. The zero-order valence-electron chi connectivity index (χ0n) is 21.9. The Hall–Kier alpha value is -2.51. The van der Waals surface area contributed by atoms with Gasteiger partial charge in [-0.1, -0.05) is 81.3 Å². The van der Waals surface area contributed by atoms with Crippen LogP contribution in [0.1, 0.15) is 82.1 Å². The van der Waals surface area contributed by atoms with Crippen LogP contribution in [0.5, 0.6) is 5.19 Å². The van der Waals surface area contributed by atoms with Crippen LogP contribution in [-0.4, -0.2) is 52.7 Å². The molecule has 9 heteroatoms. The number of carbonyl (C=O) groups is 1. The van der Waals surface area contributed by atoms with Gasteiger partial charge in [-0.25, -0.2) is 9.69 Å². The maximum atomic E-state index is 14.5. The smallest absolute Gasteiger partial charge is 0.342 e. The summed E-state index contributed by atoms with van der Waals surface area (Å²) in [6.45, 7) is 8.99. The highest BCUT2D eigenvalue weighted by Crippen LogP contribution is 2.41. The third-order valence-corrected chi connectivity index (χ3v) is 7.68. The number of aromatic nitrogens is 2. The average molecular weight is 515 g/mol. The summed E-state index contributed by atoms with van der Waals surface area (Å²) in [6, 6.07) is 7.32. The first-order chi connectivity index (χ1) is 17.4. The molecule has 1 aliphatic rings. The molecular weight excluding hydrogens is 476 g/mol. The van der Waals surface area contributed by atoms with Gasteiger partial charge < -0.3 is 14.7 Å². The van der Waals surface area contributed by atoms with Crippen LogP contribution in [-0.2, 0) is 11.2 Å². The molecule has 1 fully saturated rings. The van der Waals surface area contributed by atoms with E-state index in [0.29, 0.717) is 23.8 Å². The first-order valence-corrected chi connectivity index (χ1v) is 13.8. The van der Waals surface area contributed by atoms with Crippen LogP contribution in [0.4, 0.5) is 5.13 Å². The van der Waals surface area contributed by atoms with E-state index in [9.17, 15) is 10.0 Å². The second kappa shape index (κ2) is 12.6. The lowest BCUT2D eigenvalue weighted by Gasteiger charge is -2.40. The van der Waals surface area contributed by atoms with E-state index in [1.54, 1.807) is 12.1 Å². The third kappa shape index (κ3) is 5.89. The fraction of sp³-hybridized carbons (Fsp3) is 0.593. The van der Waals surface area contributed by atoms with Crippen molar-refractivity contribution in [2.75, 3.05) is 19.8 Å². The lowest BCUT2D eigenvalue weighted by Crippen LogP contribution is -2.52. The fourth-order valence-electron chi connectivity index (χ4n) is 4.78. The highest BCUT2D eigenvalue weighted by Gasteiger charge is 2.52.